The van der Waals surface area contributed by atoms with Gasteiger partial charge in [-0.15, -0.1) is 0 Å². The van der Waals surface area contributed by atoms with Crippen LogP contribution in [0.15, 0.2) is 18.2 Å². The molecule has 20 heavy (non-hydrogen) atoms. The van der Waals surface area contributed by atoms with Gasteiger partial charge in [-0.05, 0) is 45.4 Å². The molecule has 1 aromatic rings. The Morgan fingerprint density at radius 3 is 2.60 bits per heavy atom. The summed E-state index contributed by atoms with van der Waals surface area (Å²) in [6.45, 7) is 6.24. The molecule has 1 rings (SSSR count). The highest BCUT2D eigenvalue weighted by Crippen LogP contribution is 2.31. The van der Waals surface area contributed by atoms with E-state index in [4.69, 9.17) is 15.2 Å². The van der Waals surface area contributed by atoms with Crippen molar-refractivity contribution in [3.63, 3.8) is 0 Å². The lowest BCUT2D eigenvalue weighted by atomic mass is 10.1. The number of nitrogens with one attached hydrogen (secondary N) is 1. The first-order valence-corrected chi connectivity index (χ1v) is 6.67. The Balaban J connectivity index is 2.78. The van der Waals surface area contributed by atoms with Crippen LogP contribution in [0.1, 0.15) is 26.3 Å². The highest BCUT2D eigenvalue weighted by Gasteiger charge is 2.16. The Bertz CT molecular complexity index is 453. The molecule has 0 unspecified atom stereocenters. The molecular formula is C15H24N2O3. The van der Waals surface area contributed by atoms with Crippen molar-refractivity contribution >= 4 is 5.91 Å². The summed E-state index contributed by atoms with van der Waals surface area (Å²) in [5.41, 5.74) is 6.25. The fourth-order valence-electron chi connectivity index (χ4n) is 1.83. The van der Waals surface area contributed by atoms with E-state index in [1.807, 2.05) is 32.9 Å². The van der Waals surface area contributed by atoms with Gasteiger partial charge in [0.05, 0.1) is 7.11 Å². The fraction of sp³-hybridized carbons (Fsp3) is 0.533. The lowest BCUT2D eigenvalue weighted by molar-refractivity contribution is -0.124. The van der Waals surface area contributed by atoms with Crippen LogP contribution in [0, 0.1) is 0 Å². The van der Waals surface area contributed by atoms with E-state index in [1.54, 1.807) is 13.2 Å². The lowest BCUT2D eigenvalue weighted by Gasteiger charge is -2.21. The molecule has 0 saturated heterocycles. The molecule has 1 aromatic carbocycles. The van der Waals surface area contributed by atoms with Gasteiger partial charge in [-0.2, -0.15) is 0 Å². The van der Waals surface area contributed by atoms with Crippen LogP contribution in [-0.2, 0) is 11.2 Å². The van der Waals surface area contributed by atoms with Crippen molar-refractivity contribution in [3.8, 4) is 11.5 Å². The number of carbonyl (C=O) groups is 1. The first-order chi connectivity index (χ1) is 9.37. The van der Waals surface area contributed by atoms with E-state index in [0.29, 0.717) is 24.5 Å². The zero-order chi connectivity index (χ0) is 15.2. The smallest absolute Gasteiger partial charge is 0.258 e. The molecule has 0 bridgehead atoms. The van der Waals surface area contributed by atoms with E-state index >= 15 is 0 Å². The van der Waals surface area contributed by atoms with Gasteiger partial charge in [-0.1, -0.05) is 12.1 Å². The molecule has 0 heterocycles. The third-order valence-electron chi connectivity index (χ3n) is 2.56. The van der Waals surface area contributed by atoms with Crippen molar-refractivity contribution in [3.05, 3.63) is 23.8 Å². The van der Waals surface area contributed by atoms with Gasteiger partial charge in [0, 0.05) is 5.54 Å². The standard InChI is InChI=1S/C15H24N2O3/c1-15(2,3)17-13(18)10-20-14-11(8-9-16)6-5-7-12(14)19-4/h5-7H,8-10,16H2,1-4H3,(H,17,18). The third kappa shape index (κ3) is 5.09. The van der Waals surface area contributed by atoms with Gasteiger partial charge >= 0.3 is 0 Å². The highest BCUT2D eigenvalue weighted by molar-refractivity contribution is 5.78. The monoisotopic (exact) mass is 280 g/mol. The minimum Gasteiger partial charge on any atom is -0.493 e. The zero-order valence-corrected chi connectivity index (χ0v) is 12.7. The minimum atomic E-state index is -0.276. The van der Waals surface area contributed by atoms with Crippen LogP contribution in [0.3, 0.4) is 0 Å². The number of hydrogen-bond acceptors (Lipinski definition) is 4. The fourth-order valence-corrected chi connectivity index (χ4v) is 1.83. The van der Waals surface area contributed by atoms with Crippen LogP contribution in [0.25, 0.3) is 0 Å². The van der Waals surface area contributed by atoms with Crippen molar-refractivity contribution in [1.29, 1.82) is 0 Å². The molecule has 0 aromatic heterocycles. The number of para-hydroxylation sites is 1. The second-order valence-electron chi connectivity index (χ2n) is 5.57. The van der Waals surface area contributed by atoms with Gasteiger partial charge in [-0.25, -0.2) is 0 Å². The van der Waals surface area contributed by atoms with E-state index < -0.39 is 0 Å². The molecule has 0 fully saturated rings. The van der Waals surface area contributed by atoms with Gasteiger partial charge in [0.2, 0.25) is 0 Å². The summed E-state index contributed by atoms with van der Waals surface area (Å²) in [6.07, 6.45) is 0.674. The minimum absolute atomic E-state index is 0.0464. The zero-order valence-electron chi connectivity index (χ0n) is 12.7. The Labute approximate surface area is 120 Å². The molecule has 0 spiro atoms. The maximum atomic E-state index is 11.8. The van der Waals surface area contributed by atoms with Gasteiger partial charge in [-0.3, -0.25) is 4.79 Å². The number of nitrogens with two attached hydrogens (primary N) is 1. The number of rotatable bonds is 6. The summed E-state index contributed by atoms with van der Waals surface area (Å²) in [6, 6.07) is 5.61. The predicted molar refractivity (Wildman–Crippen MR) is 79.1 cm³/mol. The maximum Gasteiger partial charge on any atom is 0.258 e. The van der Waals surface area contributed by atoms with Crippen LogP contribution in [0.2, 0.25) is 0 Å². The van der Waals surface area contributed by atoms with E-state index in [1.165, 1.54) is 0 Å². The van der Waals surface area contributed by atoms with Gasteiger partial charge in [0.25, 0.3) is 5.91 Å². The van der Waals surface area contributed by atoms with E-state index in [0.717, 1.165) is 5.56 Å². The predicted octanol–water partition coefficient (Wildman–Crippen LogP) is 1.49. The largest absolute Gasteiger partial charge is 0.493 e. The van der Waals surface area contributed by atoms with Gasteiger partial charge in [0.15, 0.2) is 18.1 Å². The second kappa shape index (κ2) is 7.14. The maximum absolute atomic E-state index is 11.8. The van der Waals surface area contributed by atoms with Gasteiger partial charge in [0.1, 0.15) is 0 Å². The Morgan fingerprint density at radius 1 is 1.35 bits per heavy atom. The van der Waals surface area contributed by atoms with Crippen molar-refractivity contribution in [1.82, 2.24) is 5.32 Å². The molecular weight excluding hydrogens is 256 g/mol. The average molecular weight is 280 g/mol. The molecule has 0 aliphatic heterocycles. The van der Waals surface area contributed by atoms with Crippen molar-refractivity contribution < 1.29 is 14.3 Å². The molecule has 0 radical (unpaired) electrons. The van der Waals surface area contributed by atoms with Crippen LogP contribution in [0.5, 0.6) is 11.5 Å². The number of methoxy groups -OCH3 is 1. The SMILES string of the molecule is COc1cccc(CCN)c1OCC(=O)NC(C)(C)C. The highest BCUT2D eigenvalue weighted by atomic mass is 16.5. The number of benzene rings is 1. The Hall–Kier alpha value is -1.75. The topological polar surface area (TPSA) is 73.6 Å². The average Bonchev–Trinajstić information content (AvgIpc) is 2.35. The molecule has 1 amide bonds. The summed E-state index contributed by atoms with van der Waals surface area (Å²) >= 11 is 0. The summed E-state index contributed by atoms with van der Waals surface area (Å²) in [7, 11) is 1.57. The third-order valence-corrected chi connectivity index (χ3v) is 2.56. The molecule has 0 atom stereocenters. The molecule has 5 nitrogen and oxygen atoms in total. The van der Waals surface area contributed by atoms with E-state index in [9.17, 15) is 4.79 Å². The summed E-state index contributed by atoms with van der Waals surface area (Å²) < 4.78 is 10.9. The summed E-state index contributed by atoms with van der Waals surface area (Å²) in [5.74, 6) is 1.03. The van der Waals surface area contributed by atoms with Crippen molar-refractivity contribution in [2.24, 2.45) is 5.73 Å². The van der Waals surface area contributed by atoms with Crippen molar-refractivity contribution in [2.45, 2.75) is 32.7 Å². The number of amides is 1. The quantitative estimate of drug-likeness (QED) is 0.828. The first kappa shape index (κ1) is 16.3. The van der Waals surface area contributed by atoms with Crippen molar-refractivity contribution in [2.75, 3.05) is 20.3 Å². The Morgan fingerprint density at radius 2 is 2.05 bits per heavy atom. The molecule has 5 heteroatoms. The molecule has 0 aliphatic rings. The number of carbonyl (C=O) groups excluding carboxylic acids is 1. The van der Waals surface area contributed by atoms with E-state index in [-0.39, 0.29) is 18.1 Å². The Kier molecular flexibility index (Phi) is 5.82. The first-order valence-electron chi connectivity index (χ1n) is 6.67. The summed E-state index contributed by atoms with van der Waals surface area (Å²) in [4.78, 5) is 11.8. The molecule has 0 aliphatic carbocycles. The number of hydrogen-bond donors (Lipinski definition) is 2. The van der Waals surface area contributed by atoms with Crippen LogP contribution >= 0.6 is 0 Å². The molecule has 0 saturated carbocycles. The molecule has 3 N–H and O–H groups in total. The lowest BCUT2D eigenvalue weighted by Crippen LogP contribution is -2.43. The van der Waals surface area contributed by atoms with Crippen LogP contribution < -0.4 is 20.5 Å². The molecule has 112 valence electrons. The summed E-state index contributed by atoms with van der Waals surface area (Å²) in [5, 5.41) is 2.85. The second-order valence-corrected chi connectivity index (χ2v) is 5.57. The van der Waals surface area contributed by atoms with Crippen LogP contribution in [-0.4, -0.2) is 31.7 Å². The van der Waals surface area contributed by atoms with Gasteiger partial charge < -0.3 is 20.5 Å². The van der Waals surface area contributed by atoms with E-state index in [2.05, 4.69) is 5.32 Å². The normalized spacial score (nSPS) is 11.1. The number of ether oxygens (including phenoxy) is 2. The van der Waals surface area contributed by atoms with Crippen LogP contribution in [0.4, 0.5) is 0 Å².